The molecule has 4 heteroatoms. The zero-order chi connectivity index (χ0) is 18.7. The smallest absolute Gasteiger partial charge is 0.247 e. The summed E-state index contributed by atoms with van der Waals surface area (Å²) >= 11 is 0. The number of para-hydroxylation sites is 1. The normalized spacial score (nSPS) is 26.6. The van der Waals surface area contributed by atoms with Gasteiger partial charge < -0.3 is 10.2 Å². The molecule has 0 aromatic heterocycles. The summed E-state index contributed by atoms with van der Waals surface area (Å²) in [6, 6.07) is 9.18. The van der Waals surface area contributed by atoms with Crippen LogP contribution < -0.4 is 5.32 Å². The molecule has 4 nitrogen and oxygen atoms in total. The molecule has 142 valence electrons. The summed E-state index contributed by atoms with van der Waals surface area (Å²) in [7, 11) is 0. The minimum atomic E-state index is -0.317. The van der Waals surface area contributed by atoms with Gasteiger partial charge >= 0.3 is 0 Å². The van der Waals surface area contributed by atoms with Crippen molar-refractivity contribution < 1.29 is 9.59 Å². The Kier molecular flexibility index (Phi) is 5.69. The van der Waals surface area contributed by atoms with E-state index in [9.17, 15) is 9.59 Å². The number of hydrogen-bond acceptors (Lipinski definition) is 2. The van der Waals surface area contributed by atoms with Gasteiger partial charge in [0, 0.05) is 18.2 Å². The van der Waals surface area contributed by atoms with Gasteiger partial charge in [-0.1, -0.05) is 39.0 Å². The summed E-state index contributed by atoms with van der Waals surface area (Å²) in [6.07, 6.45) is 5.84. The summed E-state index contributed by atoms with van der Waals surface area (Å²) in [5, 5.41) is 2.97. The maximum absolute atomic E-state index is 13.1. The highest BCUT2D eigenvalue weighted by Crippen LogP contribution is 2.40. The topological polar surface area (TPSA) is 49.4 Å². The van der Waals surface area contributed by atoms with Crippen molar-refractivity contribution in [3.8, 4) is 0 Å². The quantitative estimate of drug-likeness (QED) is 0.869. The molecule has 2 fully saturated rings. The maximum Gasteiger partial charge on any atom is 0.247 e. The molecular weight excluding hydrogens is 324 g/mol. The van der Waals surface area contributed by atoms with Crippen LogP contribution in [0.1, 0.15) is 59.3 Å². The lowest BCUT2D eigenvalue weighted by atomic mass is 9.69. The van der Waals surface area contributed by atoms with E-state index in [0.29, 0.717) is 17.9 Å². The Balaban J connectivity index is 1.59. The van der Waals surface area contributed by atoms with Crippen molar-refractivity contribution in [1.29, 1.82) is 0 Å². The molecule has 0 bridgehead atoms. The first-order chi connectivity index (χ1) is 12.4. The fourth-order valence-electron chi connectivity index (χ4n) is 4.49. The fourth-order valence-corrected chi connectivity index (χ4v) is 4.49. The Morgan fingerprint density at radius 1 is 1.00 bits per heavy atom. The second kappa shape index (κ2) is 7.81. The second-order valence-corrected chi connectivity index (χ2v) is 8.96. The van der Waals surface area contributed by atoms with Crippen LogP contribution in [0.4, 0.5) is 5.69 Å². The zero-order valence-electron chi connectivity index (χ0n) is 16.3. The van der Waals surface area contributed by atoms with E-state index < -0.39 is 0 Å². The molecule has 2 aliphatic rings. The van der Waals surface area contributed by atoms with Gasteiger partial charge in [0.05, 0.1) is 0 Å². The molecule has 1 saturated carbocycles. The molecule has 1 N–H and O–H groups in total. The monoisotopic (exact) mass is 356 g/mol. The molecule has 2 amide bonds. The van der Waals surface area contributed by atoms with Crippen LogP contribution in [0.2, 0.25) is 0 Å². The Bertz CT molecular complexity index is 627. The average Bonchev–Trinajstić information content (AvgIpc) is 3.11. The molecule has 0 radical (unpaired) electrons. The molecule has 3 rings (SSSR count). The molecule has 1 aromatic rings. The Morgan fingerprint density at radius 2 is 1.65 bits per heavy atom. The molecule has 1 saturated heterocycles. The Hall–Kier alpha value is -1.84. The van der Waals surface area contributed by atoms with Crippen LogP contribution in [-0.2, 0) is 9.59 Å². The summed E-state index contributed by atoms with van der Waals surface area (Å²) in [6.45, 7) is 7.60. The molecule has 0 spiro atoms. The second-order valence-electron chi connectivity index (χ2n) is 8.96. The van der Waals surface area contributed by atoms with Gasteiger partial charge in [0.25, 0.3) is 0 Å². The first-order valence-corrected chi connectivity index (χ1v) is 10.0. The first kappa shape index (κ1) is 18.9. The van der Waals surface area contributed by atoms with Crippen LogP contribution >= 0.6 is 0 Å². The van der Waals surface area contributed by atoms with Gasteiger partial charge in [-0.3, -0.25) is 9.59 Å². The predicted molar refractivity (Wildman–Crippen MR) is 105 cm³/mol. The van der Waals surface area contributed by atoms with E-state index in [4.69, 9.17) is 0 Å². The van der Waals surface area contributed by atoms with E-state index in [-0.39, 0.29) is 23.8 Å². The van der Waals surface area contributed by atoms with Crippen molar-refractivity contribution in [3.63, 3.8) is 0 Å². The Labute approximate surface area is 157 Å². The molecule has 1 heterocycles. The van der Waals surface area contributed by atoms with E-state index in [1.54, 1.807) is 0 Å². The van der Waals surface area contributed by atoms with E-state index in [0.717, 1.165) is 44.2 Å². The number of carbonyl (C=O) groups excluding carboxylic acids is 2. The predicted octanol–water partition coefficient (Wildman–Crippen LogP) is 4.47. The number of rotatable bonds is 3. The van der Waals surface area contributed by atoms with E-state index >= 15 is 0 Å². The summed E-state index contributed by atoms with van der Waals surface area (Å²) in [5.41, 5.74) is 1.11. The molecule has 1 aliphatic heterocycles. The molecule has 1 aromatic carbocycles. The molecule has 1 aliphatic carbocycles. The fraction of sp³-hybridized carbons (Fsp3) is 0.636. The number of benzene rings is 1. The van der Waals surface area contributed by atoms with E-state index in [1.165, 1.54) is 0 Å². The Morgan fingerprint density at radius 3 is 2.27 bits per heavy atom. The number of likely N-dealkylation sites (tertiary alicyclic amines) is 1. The number of carbonyl (C=O) groups is 2. The van der Waals surface area contributed by atoms with E-state index in [2.05, 4.69) is 26.1 Å². The summed E-state index contributed by atoms with van der Waals surface area (Å²) in [5.74, 6) is 0.939. The zero-order valence-corrected chi connectivity index (χ0v) is 16.3. The van der Waals surface area contributed by atoms with Crippen molar-refractivity contribution in [1.82, 2.24) is 4.90 Å². The average molecular weight is 357 g/mol. The summed E-state index contributed by atoms with van der Waals surface area (Å²) in [4.78, 5) is 27.6. The minimum absolute atomic E-state index is 0.0505. The third-order valence-corrected chi connectivity index (χ3v) is 6.18. The SMILES string of the molecule is CC(C)(C)C1CCC(C(=O)N2CCCC2C(=O)Nc2ccccc2)CC1. The van der Waals surface area contributed by atoms with Crippen LogP contribution in [0.15, 0.2) is 30.3 Å². The number of nitrogens with one attached hydrogen (secondary N) is 1. The highest BCUT2D eigenvalue weighted by atomic mass is 16.2. The molecular formula is C22H32N2O2. The van der Waals surface area contributed by atoms with Gasteiger partial charge in [-0.15, -0.1) is 0 Å². The van der Waals surface area contributed by atoms with Crippen molar-refractivity contribution in [2.24, 2.45) is 17.3 Å². The lowest BCUT2D eigenvalue weighted by Crippen LogP contribution is -2.46. The van der Waals surface area contributed by atoms with Gasteiger partial charge in [0.2, 0.25) is 11.8 Å². The number of nitrogens with zero attached hydrogens (tertiary/aromatic N) is 1. The van der Waals surface area contributed by atoms with Gasteiger partial charge in [0.1, 0.15) is 6.04 Å². The van der Waals surface area contributed by atoms with Crippen LogP contribution in [0, 0.1) is 17.3 Å². The highest BCUT2D eigenvalue weighted by molar-refractivity contribution is 5.97. The van der Waals surface area contributed by atoms with E-state index in [1.807, 2.05) is 35.2 Å². The lowest BCUT2D eigenvalue weighted by Gasteiger charge is -2.38. The van der Waals surface area contributed by atoms with Gasteiger partial charge in [-0.05, 0) is 62.0 Å². The van der Waals surface area contributed by atoms with Crippen molar-refractivity contribution in [3.05, 3.63) is 30.3 Å². The first-order valence-electron chi connectivity index (χ1n) is 10.0. The largest absolute Gasteiger partial charge is 0.330 e. The molecule has 1 unspecified atom stereocenters. The van der Waals surface area contributed by atoms with Crippen LogP contribution in [0.25, 0.3) is 0 Å². The third kappa shape index (κ3) is 4.28. The number of amides is 2. The molecule has 1 atom stereocenters. The number of anilines is 1. The van der Waals surface area contributed by atoms with Gasteiger partial charge in [-0.25, -0.2) is 0 Å². The van der Waals surface area contributed by atoms with Crippen LogP contribution in [0.5, 0.6) is 0 Å². The summed E-state index contributed by atoms with van der Waals surface area (Å²) < 4.78 is 0. The van der Waals surface area contributed by atoms with Crippen molar-refractivity contribution in [2.45, 2.75) is 65.3 Å². The van der Waals surface area contributed by atoms with Gasteiger partial charge in [-0.2, -0.15) is 0 Å². The minimum Gasteiger partial charge on any atom is -0.330 e. The standard InChI is InChI=1S/C22H32N2O2/c1-22(2,3)17-13-11-16(12-14-17)21(26)24-15-7-10-19(24)20(25)23-18-8-5-4-6-9-18/h4-6,8-9,16-17,19H,7,10-15H2,1-3H3,(H,23,25). The third-order valence-electron chi connectivity index (χ3n) is 6.18. The van der Waals surface area contributed by atoms with Crippen LogP contribution in [-0.4, -0.2) is 29.3 Å². The number of hydrogen-bond donors (Lipinski definition) is 1. The molecule has 26 heavy (non-hydrogen) atoms. The maximum atomic E-state index is 13.1. The van der Waals surface area contributed by atoms with Crippen LogP contribution in [0.3, 0.4) is 0 Å². The highest BCUT2D eigenvalue weighted by Gasteiger charge is 2.39. The lowest BCUT2D eigenvalue weighted by molar-refractivity contribution is -0.141. The van der Waals surface area contributed by atoms with Crippen molar-refractivity contribution in [2.75, 3.05) is 11.9 Å². The van der Waals surface area contributed by atoms with Crippen molar-refractivity contribution >= 4 is 17.5 Å². The van der Waals surface area contributed by atoms with Gasteiger partial charge in [0.15, 0.2) is 0 Å².